The summed E-state index contributed by atoms with van der Waals surface area (Å²) in [6, 6.07) is 15.9. The van der Waals surface area contributed by atoms with E-state index in [9.17, 15) is 0 Å². The Kier molecular flexibility index (Phi) is 13.9. The molecule has 0 atom stereocenters. The predicted octanol–water partition coefficient (Wildman–Crippen LogP) is 13.5. The van der Waals surface area contributed by atoms with Crippen molar-refractivity contribution < 1.29 is 0 Å². The van der Waals surface area contributed by atoms with Crippen molar-refractivity contribution in [1.29, 1.82) is 0 Å². The molecular weight excluding hydrogens is 857 g/mol. The number of rotatable bonds is 12. The summed E-state index contributed by atoms with van der Waals surface area (Å²) in [4.78, 5) is 0. The van der Waals surface area contributed by atoms with Crippen LogP contribution in [0.2, 0.25) is 118 Å². The fraction of sp³-hybridized carbons (Fsp3) is 0.600. The van der Waals surface area contributed by atoms with Crippen LogP contribution >= 0.6 is 19.9 Å². The van der Waals surface area contributed by atoms with Crippen LogP contribution in [-0.4, -0.2) is 64.7 Å². The Morgan fingerprint density at radius 1 is 0.400 bits per heavy atom. The van der Waals surface area contributed by atoms with E-state index in [4.69, 9.17) is 0 Å². The van der Waals surface area contributed by atoms with E-state index in [2.05, 4.69) is 216 Å². The van der Waals surface area contributed by atoms with Crippen molar-refractivity contribution in [2.75, 3.05) is 0 Å². The second kappa shape index (κ2) is 15.9. The van der Waals surface area contributed by atoms with Gasteiger partial charge in [0.1, 0.15) is 0 Å². The first kappa shape index (κ1) is 47.9. The number of benzene rings is 3. The molecule has 304 valence electrons. The monoisotopic (exact) mass is 938 g/mol. The molecule has 3 aromatic carbocycles. The van der Waals surface area contributed by atoms with Crippen LogP contribution in [0.25, 0.3) is 0 Å². The van der Waals surface area contributed by atoms with Crippen molar-refractivity contribution >= 4 is 98.8 Å². The van der Waals surface area contributed by atoms with Crippen molar-refractivity contribution in [3.8, 4) is 0 Å². The van der Waals surface area contributed by atoms with Crippen LogP contribution in [0.15, 0.2) is 36.4 Å². The van der Waals surface area contributed by atoms with E-state index in [1.165, 1.54) is 33.4 Å². The Morgan fingerprint density at radius 3 is 0.891 bits per heavy atom. The Morgan fingerprint density at radius 2 is 0.655 bits per heavy atom. The van der Waals surface area contributed by atoms with Crippen molar-refractivity contribution in [2.45, 2.75) is 175 Å². The molecule has 0 nitrogen and oxygen atoms in total. The van der Waals surface area contributed by atoms with Crippen LogP contribution in [0.4, 0.5) is 0 Å². The van der Waals surface area contributed by atoms with E-state index >= 15 is 0 Å². The summed E-state index contributed by atoms with van der Waals surface area (Å²) in [6.07, 6.45) is 0. The third-order valence-corrected chi connectivity index (χ3v) is 64.9. The fourth-order valence-corrected chi connectivity index (χ4v) is 79.2. The van der Waals surface area contributed by atoms with Crippen LogP contribution in [0.3, 0.4) is 0 Å². The van der Waals surface area contributed by atoms with Gasteiger partial charge in [-0.2, -0.15) is 0 Å². The van der Waals surface area contributed by atoms with E-state index < -0.39 is 59.4 Å². The molecule has 4 rings (SSSR count). The van der Waals surface area contributed by atoms with E-state index in [-0.39, 0.29) is 0 Å². The van der Waals surface area contributed by atoms with Gasteiger partial charge in [0, 0.05) is 0 Å². The molecule has 0 unspecified atom stereocenters. The average molecular weight is 938 g/mol. The maximum atomic E-state index is 2.94. The van der Waals surface area contributed by atoms with Crippen LogP contribution in [0, 0.1) is 41.5 Å². The molecule has 1 aliphatic heterocycles. The normalized spacial score (nSPS) is 16.1. The topological polar surface area (TPSA) is 0 Å². The van der Waals surface area contributed by atoms with Crippen molar-refractivity contribution in [2.24, 2.45) is 0 Å². The van der Waals surface area contributed by atoms with E-state index in [0.717, 1.165) is 15.5 Å². The van der Waals surface area contributed by atoms with Gasteiger partial charge in [0.2, 0.25) is 0 Å². The summed E-state index contributed by atoms with van der Waals surface area (Å²) < 4.78 is 3.48. The Hall–Kier alpha value is 0.269. The number of hydrogen-bond donors (Lipinski definition) is 0. The zero-order chi connectivity index (χ0) is 42.4. The summed E-state index contributed by atoms with van der Waals surface area (Å²) in [5.41, 5.74) is 16.2. The van der Waals surface area contributed by atoms with Gasteiger partial charge in [-0.1, -0.05) is 0 Å². The van der Waals surface area contributed by atoms with Gasteiger partial charge in [0.25, 0.3) is 0 Å². The molecule has 0 radical (unpaired) electrons. The molecule has 0 bridgehead atoms. The van der Waals surface area contributed by atoms with E-state index in [1.807, 2.05) is 16.6 Å². The first-order valence-corrected chi connectivity index (χ1v) is 51.7. The molecular formula is C45H81BGeS2Si6. The van der Waals surface area contributed by atoms with Crippen LogP contribution in [0.5, 0.6) is 0 Å². The van der Waals surface area contributed by atoms with Gasteiger partial charge in [-0.3, -0.25) is 0 Å². The minimum absolute atomic E-state index is 0.488. The molecule has 1 fully saturated rings. The molecule has 0 N–H and O–H groups in total. The molecule has 0 saturated carbocycles. The summed E-state index contributed by atoms with van der Waals surface area (Å²) in [7, 11) is -7.62. The van der Waals surface area contributed by atoms with Gasteiger partial charge in [-0.05, 0) is 0 Å². The van der Waals surface area contributed by atoms with Gasteiger partial charge in [0.05, 0.1) is 0 Å². The third-order valence-electron chi connectivity index (χ3n) is 12.2. The quantitative estimate of drug-likeness (QED) is 0.166. The number of hydrogen-bond acceptors (Lipinski definition) is 2. The van der Waals surface area contributed by atoms with Crippen molar-refractivity contribution in [3.63, 3.8) is 0 Å². The van der Waals surface area contributed by atoms with Gasteiger partial charge < -0.3 is 0 Å². The predicted molar refractivity (Wildman–Crippen MR) is 282 cm³/mol. The first-order valence-electron chi connectivity index (χ1n) is 21.2. The van der Waals surface area contributed by atoms with Gasteiger partial charge in [-0.25, -0.2) is 0 Å². The molecule has 55 heavy (non-hydrogen) atoms. The number of aryl methyl sites for hydroxylation is 6. The second-order valence-corrected chi connectivity index (χ2v) is 75.0. The molecule has 1 aliphatic rings. The first-order chi connectivity index (χ1) is 24.5. The van der Waals surface area contributed by atoms with Gasteiger partial charge >= 0.3 is 360 Å². The van der Waals surface area contributed by atoms with Crippen LogP contribution in [-0.2, 0) is 0 Å². The van der Waals surface area contributed by atoms with Gasteiger partial charge in [-0.15, -0.1) is 0 Å². The summed E-state index contributed by atoms with van der Waals surface area (Å²) >= 11 is 0. The van der Waals surface area contributed by atoms with Crippen LogP contribution in [0.1, 0.15) is 65.6 Å². The molecule has 1 heterocycles. The summed E-state index contributed by atoms with van der Waals surface area (Å²) in [5.74, 6) is 0. The molecule has 0 aliphatic carbocycles. The average Bonchev–Trinajstić information content (AvgIpc) is 2.85. The van der Waals surface area contributed by atoms with E-state index in [0.29, 0.717) is 5.27 Å². The zero-order valence-electron chi connectivity index (χ0n) is 40.1. The molecule has 0 amide bonds. The summed E-state index contributed by atoms with van der Waals surface area (Å²) in [6.45, 7) is 63.1. The van der Waals surface area contributed by atoms with Crippen molar-refractivity contribution in [3.05, 3.63) is 86.5 Å². The fourth-order valence-electron chi connectivity index (χ4n) is 12.6. The maximum absolute atomic E-state index is 3.01. The summed E-state index contributed by atoms with van der Waals surface area (Å²) in [5, 5.41) is 2.67. The molecule has 0 spiro atoms. The standard InChI is InChI=1S/C45H81BGeS2Si6/c1-31-25-33(3)41(34(4)26-31)47(42-35(5)27-32(2)28-36(42)6)48-46(49-47)40-38(44(52(13,14)15)53(16,17)18)29-37(43(50(7,8)9)51(10,11)12)30-39(40)45(54(19,20)21)55(22,23)24/h25-30,43-45H,1-24H3. The molecule has 1 saturated heterocycles. The molecule has 10 heteroatoms. The second-order valence-electron chi connectivity index (χ2n) is 24.3. The molecule has 3 aromatic rings. The SMILES string of the molecule is Cc1cc(C)[c]([Ge]2([c]3c(C)cc(C)cc3C)[S]B(c3c(C([Si](C)(C)C)[Si](C)(C)C)cc(C([Si](C)(C)C)[Si](C)(C)C)cc3C([Si](C)(C)C)[Si](C)(C)C)[S]2)c(C)c1. The van der Waals surface area contributed by atoms with Crippen molar-refractivity contribution in [1.82, 2.24) is 0 Å². The molecule has 0 aromatic heterocycles. The van der Waals surface area contributed by atoms with Gasteiger partial charge in [0.15, 0.2) is 0 Å². The van der Waals surface area contributed by atoms with E-state index in [1.54, 1.807) is 14.4 Å². The Labute approximate surface area is 357 Å². The minimum atomic E-state index is -3.01. The zero-order valence-corrected chi connectivity index (χ0v) is 49.8. The Bertz CT molecular complexity index is 1710. The van der Waals surface area contributed by atoms with Crippen LogP contribution < -0.4 is 14.3 Å². The Balaban J connectivity index is 2.26. The third kappa shape index (κ3) is 9.92.